The van der Waals surface area contributed by atoms with E-state index in [2.05, 4.69) is 5.32 Å². The number of thiophene rings is 1. The quantitative estimate of drug-likeness (QED) is 0.891. The molecule has 1 aromatic heterocycles. The lowest BCUT2D eigenvalue weighted by atomic mass is 10.2. The third-order valence-electron chi connectivity index (χ3n) is 3.00. The number of hydrogen-bond donors (Lipinski definition) is 2. The summed E-state index contributed by atoms with van der Waals surface area (Å²) in [5.74, 6) is 0.407. The first kappa shape index (κ1) is 15.2. The normalized spacial score (nSPS) is 10.2. The van der Waals surface area contributed by atoms with E-state index in [9.17, 15) is 4.79 Å². The van der Waals surface area contributed by atoms with Crippen LogP contribution < -0.4 is 15.8 Å². The second kappa shape index (κ2) is 6.49. The van der Waals surface area contributed by atoms with E-state index in [-0.39, 0.29) is 5.91 Å². The summed E-state index contributed by atoms with van der Waals surface area (Å²) in [6.45, 7) is 0.646. The predicted molar refractivity (Wildman–Crippen MR) is 87.1 cm³/mol. The van der Waals surface area contributed by atoms with Gasteiger partial charge < -0.3 is 20.7 Å². The predicted octanol–water partition coefficient (Wildman–Crippen LogP) is 2.65. The number of nitrogens with zero attached hydrogens (tertiary/aromatic N) is 1. The fourth-order valence-electron chi connectivity index (χ4n) is 1.89. The number of rotatable bonds is 5. The number of nitrogens with one attached hydrogen (secondary N) is 1. The summed E-state index contributed by atoms with van der Waals surface area (Å²) >= 11 is 1.31. The second-order valence-electron chi connectivity index (χ2n) is 4.75. The first-order valence-corrected chi connectivity index (χ1v) is 7.32. The number of amides is 1. The maximum Gasteiger partial charge on any atom is 0.265 e. The van der Waals surface area contributed by atoms with Crippen LogP contribution in [0.3, 0.4) is 0 Å². The van der Waals surface area contributed by atoms with Crippen LogP contribution in [-0.2, 0) is 6.54 Å². The molecule has 0 aliphatic carbocycles. The molecule has 0 fully saturated rings. The number of benzene rings is 1. The van der Waals surface area contributed by atoms with Gasteiger partial charge in [0.2, 0.25) is 0 Å². The van der Waals surface area contributed by atoms with Gasteiger partial charge in [0.15, 0.2) is 5.75 Å². The van der Waals surface area contributed by atoms with Crippen molar-refractivity contribution in [2.75, 3.05) is 32.3 Å². The van der Waals surface area contributed by atoms with Crippen molar-refractivity contribution in [2.45, 2.75) is 6.54 Å². The first-order chi connectivity index (χ1) is 10.0. The molecule has 0 aliphatic heterocycles. The molecule has 1 heterocycles. The molecule has 0 atom stereocenters. The van der Waals surface area contributed by atoms with E-state index in [4.69, 9.17) is 10.5 Å². The number of ether oxygens (including phenoxy) is 1. The Hall–Kier alpha value is -2.21. The summed E-state index contributed by atoms with van der Waals surface area (Å²) in [6.07, 6.45) is 0. The number of anilines is 2. The molecule has 6 heteroatoms. The topological polar surface area (TPSA) is 67.6 Å². The second-order valence-corrected chi connectivity index (χ2v) is 5.77. The molecule has 1 amide bonds. The highest BCUT2D eigenvalue weighted by atomic mass is 32.1. The Morgan fingerprint density at radius 3 is 2.57 bits per heavy atom. The average molecular weight is 305 g/mol. The van der Waals surface area contributed by atoms with E-state index in [1.165, 1.54) is 16.2 Å². The minimum absolute atomic E-state index is 0.122. The number of methoxy groups -OCH3 is 1. The SMILES string of the molecule is COc1c(NCc2ccccc2)sc(C(=O)N(C)C)c1N. The molecule has 112 valence electrons. The van der Waals surface area contributed by atoms with Crippen molar-refractivity contribution in [3.05, 3.63) is 40.8 Å². The van der Waals surface area contributed by atoms with Crippen LogP contribution >= 0.6 is 11.3 Å². The van der Waals surface area contributed by atoms with Gasteiger partial charge in [-0.25, -0.2) is 0 Å². The van der Waals surface area contributed by atoms with Gasteiger partial charge in [-0.05, 0) is 5.56 Å². The van der Waals surface area contributed by atoms with Gasteiger partial charge in [0.1, 0.15) is 15.6 Å². The van der Waals surface area contributed by atoms with Crippen molar-refractivity contribution < 1.29 is 9.53 Å². The van der Waals surface area contributed by atoms with Crippen molar-refractivity contribution in [1.82, 2.24) is 4.90 Å². The lowest BCUT2D eigenvalue weighted by Gasteiger charge is -2.08. The minimum Gasteiger partial charge on any atom is -0.492 e. The fourth-order valence-corrected chi connectivity index (χ4v) is 2.99. The van der Waals surface area contributed by atoms with Crippen molar-refractivity contribution in [2.24, 2.45) is 0 Å². The lowest BCUT2D eigenvalue weighted by molar-refractivity contribution is 0.0833. The number of carbonyl (C=O) groups is 1. The molecule has 2 aromatic rings. The Labute approximate surface area is 128 Å². The van der Waals surface area contributed by atoms with E-state index < -0.39 is 0 Å². The molecular formula is C15H19N3O2S. The molecule has 0 saturated carbocycles. The Morgan fingerprint density at radius 2 is 2.00 bits per heavy atom. The molecule has 0 saturated heterocycles. The van der Waals surface area contributed by atoms with Crippen LogP contribution in [0.15, 0.2) is 30.3 Å². The molecule has 5 nitrogen and oxygen atoms in total. The highest BCUT2D eigenvalue weighted by Crippen LogP contribution is 2.42. The van der Waals surface area contributed by atoms with Crippen LogP contribution in [0.5, 0.6) is 5.75 Å². The minimum atomic E-state index is -0.122. The maximum absolute atomic E-state index is 12.1. The largest absolute Gasteiger partial charge is 0.492 e. The molecule has 0 spiro atoms. The van der Waals surface area contributed by atoms with E-state index in [0.717, 1.165) is 10.6 Å². The highest BCUT2D eigenvalue weighted by Gasteiger charge is 2.22. The zero-order valence-corrected chi connectivity index (χ0v) is 13.2. The van der Waals surface area contributed by atoms with Crippen LogP contribution in [0.2, 0.25) is 0 Å². The summed E-state index contributed by atoms with van der Waals surface area (Å²) in [5.41, 5.74) is 7.55. The van der Waals surface area contributed by atoms with Gasteiger partial charge in [0.25, 0.3) is 5.91 Å². The molecule has 0 aliphatic rings. The van der Waals surface area contributed by atoms with Crippen LogP contribution in [0.1, 0.15) is 15.2 Å². The smallest absolute Gasteiger partial charge is 0.265 e. The van der Waals surface area contributed by atoms with Gasteiger partial charge in [-0.3, -0.25) is 4.79 Å². The Kier molecular flexibility index (Phi) is 4.70. The van der Waals surface area contributed by atoms with Crippen LogP contribution in [0.25, 0.3) is 0 Å². The number of hydrogen-bond acceptors (Lipinski definition) is 5. The van der Waals surface area contributed by atoms with Crippen molar-refractivity contribution in [3.63, 3.8) is 0 Å². The summed E-state index contributed by atoms with van der Waals surface area (Å²) in [5, 5.41) is 4.05. The Bertz CT molecular complexity index is 623. The van der Waals surface area contributed by atoms with Gasteiger partial charge >= 0.3 is 0 Å². The summed E-state index contributed by atoms with van der Waals surface area (Å²) in [4.78, 5) is 14.1. The van der Waals surface area contributed by atoms with Gasteiger partial charge in [-0.1, -0.05) is 30.3 Å². The molecule has 21 heavy (non-hydrogen) atoms. The average Bonchev–Trinajstić information content (AvgIpc) is 2.81. The first-order valence-electron chi connectivity index (χ1n) is 6.50. The molecule has 0 bridgehead atoms. The van der Waals surface area contributed by atoms with Gasteiger partial charge in [-0.2, -0.15) is 0 Å². The Morgan fingerprint density at radius 1 is 1.33 bits per heavy atom. The van der Waals surface area contributed by atoms with E-state index >= 15 is 0 Å². The maximum atomic E-state index is 12.1. The lowest BCUT2D eigenvalue weighted by Crippen LogP contribution is -2.21. The van der Waals surface area contributed by atoms with Gasteiger partial charge in [0.05, 0.1) is 7.11 Å². The number of carbonyl (C=O) groups excluding carboxylic acids is 1. The molecule has 0 radical (unpaired) electrons. The fraction of sp³-hybridized carbons (Fsp3) is 0.267. The van der Waals surface area contributed by atoms with Crippen molar-refractivity contribution in [1.29, 1.82) is 0 Å². The van der Waals surface area contributed by atoms with Crippen LogP contribution in [0.4, 0.5) is 10.7 Å². The molecule has 0 unspecified atom stereocenters. The number of nitrogen functional groups attached to an aromatic ring is 1. The summed E-state index contributed by atoms with van der Waals surface area (Å²) < 4.78 is 5.33. The third-order valence-corrected chi connectivity index (χ3v) is 4.13. The van der Waals surface area contributed by atoms with E-state index in [1.54, 1.807) is 21.2 Å². The molecule has 2 rings (SSSR count). The summed E-state index contributed by atoms with van der Waals surface area (Å²) in [7, 11) is 4.95. The van der Waals surface area contributed by atoms with Crippen LogP contribution in [0, 0.1) is 0 Å². The molecule has 1 aromatic carbocycles. The zero-order chi connectivity index (χ0) is 15.4. The standard InChI is InChI=1S/C15H19N3O2S/c1-18(2)15(19)13-11(16)12(20-3)14(21-13)17-9-10-7-5-4-6-8-10/h4-8,17H,9,16H2,1-3H3. The van der Waals surface area contributed by atoms with Crippen molar-refractivity contribution in [3.8, 4) is 5.75 Å². The van der Waals surface area contributed by atoms with Crippen LogP contribution in [-0.4, -0.2) is 32.0 Å². The highest BCUT2D eigenvalue weighted by molar-refractivity contribution is 7.19. The monoisotopic (exact) mass is 305 g/mol. The zero-order valence-electron chi connectivity index (χ0n) is 12.3. The van der Waals surface area contributed by atoms with E-state index in [0.29, 0.717) is 22.9 Å². The van der Waals surface area contributed by atoms with Gasteiger partial charge in [-0.15, -0.1) is 11.3 Å². The third kappa shape index (κ3) is 3.28. The summed E-state index contributed by atoms with van der Waals surface area (Å²) in [6, 6.07) is 10.0. The molecular weight excluding hydrogens is 286 g/mol. The van der Waals surface area contributed by atoms with Gasteiger partial charge in [0, 0.05) is 20.6 Å². The molecule has 3 N–H and O–H groups in total. The van der Waals surface area contributed by atoms with E-state index in [1.807, 2.05) is 30.3 Å². The van der Waals surface area contributed by atoms with Crippen molar-refractivity contribution >= 4 is 27.9 Å². The Balaban J connectivity index is 2.23. The number of nitrogens with two attached hydrogens (primary N) is 1.